The number of carbonyl (C=O) groups excluding carboxylic acids is 1. The second-order valence-corrected chi connectivity index (χ2v) is 5.57. The highest BCUT2D eigenvalue weighted by Gasteiger charge is 2.30. The highest BCUT2D eigenvalue weighted by molar-refractivity contribution is 6.19. The minimum absolute atomic E-state index is 0.132. The van der Waals surface area contributed by atoms with Crippen LogP contribution in [0.3, 0.4) is 0 Å². The topological polar surface area (TPSA) is 100 Å². The number of amides is 1. The average Bonchev–Trinajstić information content (AvgIpc) is 3.12. The molecule has 2 aromatic rings. The zero-order valence-corrected chi connectivity index (χ0v) is 13.0. The van der Waals surface area contributed by atoms with E-state index in [-0.39, 0.29) is 11.3 Å². The Balaban J connectivity index is 1.66. The molecule has 1 amide bonds. The van der Waals surface area contributed by atoms with Crippen molar-refractivity contribution >= 4 is 29.1 Å². The van der Waals surface area contributed by atoms with E-state index in [0.29, 0.717) is 19.0 Å². The predicted molar refractivity (Wildman–Crippen MR) is 92.2 cm³/mol. The van der Waals surface area contributed by atoms with Gasteiger partial charge in [-0.3, -0.25) is 30.1 Å². The summed E-state index contributed by atoms with van der Waals surface area (Å²) in [4.78, 5) is 33.7. The minimum Gasteiger partial charge on any atom is -0.294 e. The summed E-state index contributed by atoms with van der Waals surface area (Å²) in [6.07, 6.45) is 0. The first kappa shape index (κ1) is 15.0. The molecular weight excluding hydrogens is 322 g/mol. The van der Waals surface area contributed by atoms with E-state index in [4.69, 9.17) is 0 Å². The maximum Gasteiger partial charge on any atom is 0.270 e. The highest BCUT2D eigenvalue weighted by Crippen LogP contribution is 2.27. The number of carbonyl (C=O) groups is 1. The third-order valence-electron chi connectivity index (χ3n) is 4.01. The van der Waals surface area contributed by atoms with E-state index in [2.05, 4.69) is 15.3 Å². The Hall–Kier alpha value is -3.55. The van der Waals surface area contributed by atoms with Gasteiger partial charge in [0.2, 0.25) is 5.96 Å². The number of hydrogen-bond donors (Lipinski definition) is 1. The van der Waals surface area contributed by atoms with Crippen LogP contribution in [0.5, 0.6) is 0 Å². The largest absolute Gasteiger partial charge is 0.294 e. The van der Waals surface area contributed by atoms with Gasteiger partial charge in [0.05, 0.1) is 17.2 Å². The molecule has 0 radical (unpaired) electrons. The first-order valence-corrected chi connectivity index (χ1v) is 7.69. The summed E-state index contributed by atoms with van der Waals surface area (Å²) in [5.41, 5.74) is 1.72. The molecule has 0 aromatic heterocycles. The Morgan fingerprint density at radius 3 is 2.88 bits per heavy atom. The Morgan fingerprint density at radius 2 is 2.04 bits per heavy atom. The van der Waals surface area contributed by atoms with Crippen LogP contribution in [0.25, 0.3) is 0 Å². The number of non-ortho nitro benzene ring substituents is 1. The van der Waals surface area contributed by atoms with Crippen molar-refractivity contribution in [2.75, 3.05) is 13.1 Å². The lowest BCUT2D eigenvalue weighted by Crippen LogP contribution is -2.47. The van der Waals surface area contributed by atoms with Crippen LogP contribution in [-0.2, 0) is 0 Å². The molecule has 0 spiro atoms. The minimum atomic E-state index is -0.531. The summed E-state index contributed by atoms with van der Waals surface area (Å²) in [5, 5.41) is 13.6. The van der Waals surface area contributed by atoms with Crippen molar-refractivity contribution < 1.29 is 9.72 Å². The summed E-state index contributed by atoms with van der Waals surface area (Å²) >= 11 is 0. The van der Waals surface area contributed by atoms with E-state index in [0.717, 1.165) is 17.1 Å². The smallest absolute Gasteiger partial charge is 0.270 e. The SMILES string of the molecule is O=C(NC1=Nc2ccccc2C2=NCCN12)c1cccc([N+](=O)[O-])c1. The molecule has 2 heterocycles. The molecule has 8 nitrogen and oxygen atoms in total. The van der Waals surface area contributed by atoms with Gasteiger partial charge in [-0.1, -0.05) is 18.2 Å². The monoisotopic (exact) mass is 335 g/mol. The fourth-order valence-electron chi connectivity index (χ4n) is 2.85. The van der Waals surface area contributed by atoms with Crippen molar-refractivity contribution in [3.8, 4) is 0 Å². The van der Waals surface area contributed by atoms with Crippen LogP contribution in [0.4, 0.5) is 11.4 Å². The lowest BCUT2D eigenvalue weighted by atomic mass is 10.1. The van der Waals surface area contributed by atoms with Crippen molar-refractivity contribution in [3.05, 3.63) is 69.8 Å². The number of aliphatic imine (C=N–C) groups is 2. The second-order valence-electron chi connectivity index (χ2n) is 5.57. The lowest BCUT2D eigenvalue weighted by Gasteiger charge is -2.27. The van der Waals surface area contributed by atoms with Crippen LogP contribution in [-0.4, -0.2) is 40.6 Å². The second kappa shape index (κ2) is 5.82. The van der Waals surface area contributed by atoms with Gasteiger partial charge in [-0.25, -0.2) is 4.99 Å². The molecule has 0 saturated carbocycles. The van der Waals surface area contributed by atoms with Crippen LogP contribution in [0.2, 0.25) is 0 Å². The van der Waals surface area contributed by atoms with Gasteiger partial charge >= 0.3 is 0 Å². The van der Waals surface area contributed by atoms with Crippen LogP contribution in [0, 0.1) is 10.1 Å². The van der Waals surface area contributed by atoms with E-state index in [1.807, 2.05) is 29.2 Å². The molecule has 25 heavy (non-hydrogen) atoms. The van der Waals surface area contributed by atoms with Gasteiger partial charge in [0.1, 0.15) is 5.84 Å². The van der Waals surface area contributed by atoms with Gasteiger partial charge < -0.3 is 0 Å². The van der Waals surface area contributed by atoms with E-state index in [1.165, 1.54) is 24.3 Å². The molecule has 0 saturated heterocycles. The highest BCUT2D eigenvalue weighted by atomic mass is 16.6. The van der Waals surface area contributed by atoms with E-state index >= 15 is 0 Å². The molecule has 0 unspecified atom stereocenters. The maximum atomic E-state index is 12.5. The van der Waals surface area contributed by atoms with Gasteiger partial charge in [-0.15, -0.1) is 0 Å². The molecule has 2 aromatic carbocycles. The molecule has 4 rings (SSSR count). The molecule has 8 heteroatoms. The standard InChI is InChI=1S/C17H13N5O3/c23-16(11-4-3-5-12(10-11)22(24)25)20-17-19-14-7-2-1-6-13(14)15-18-8-9-21(15)17/h1-7,10H,8-9H2,(H,19,20,23). The Kier molecular flexibility index (Phi) is 3.50. The quantitative estimate of drug-likeness (QED) is 0.671. The molecule has 124 valence electrons. The third-order valence-corrected chi connectivity index (χ3v) is 4.01. The summed E-state index contributed by atoms with van der Waals surface area (Å²) in [6, 6.07) is 13.2. The number of hydrogen-bond acceptors (Lipinski definition) is 6. The first-order valence-electron chi connectivity index (χ1n) is 7.69. The normalized spacial score (nSPS) is 15.0. The van der Waals surface area contributed by atoms with Crippen molar-refractivity contribution in [1.29, 1.82) is 0 Å². The van der Waals surface area contributed by atoms with Crippen molar-refractivity contribution in [2.24, 2.45) is 9.98 Å². The van der Waals surface area contributed by atoms with Crippen LogP contribution < -0.4 is 5.32 Å². The first-order chi connectivity index (χ1) is 12.1. The van der Waals surface area contributed by atoms with Gasteiger partial charge in [0.25, 0.3) is 11.6 Å². The van der Waals surface area contributed by atoms with Gasteiger partial charge in [0.15, 0.2) is 0 Å². The average molecular weight is 335 g/mol. The zero-order valence-electron chi connectivity index (χ0n) is 13.0. The number of benzene rings is 2. The number of guanidine groups is 1. The number of nitrogens with zero attached hydrogens (tertiary/aromatic N) is 4. The maximum absolute atomic E-state index is 12.5. The number of nitrogens with one attached hydrogen (secondary N) is 1. The van der Waals surface area contributed by atoms with Crippen LogP contribution >= 0.6 is 0 Å². The van der Waals surface area contributed by atoms with Crippen molar-refractivity contribution in [1.82, 2.24) is 10.2 Å². The van der Waals surface area contributed by atoms with Crippen LogP contribution in [0.15, 0.2) is 58.5 Å². The fourth-order valence-corrected chi connectivity index (χ4v) is 2.85. The molecule has 2 aliphatic rings. The van der Waals surface area contributed by atoms with Crippen molar-refractivity contribution in [3.63, 3.8) is 0 Å². The summed E-state index contributed by atoms with van der Waals surface area (Å²) in [7, 11) is 0. The van der Waals surface area contributed by atoms with Gasteiger partial charge in [0, 0.05) is 29.8 Å². The summed E-state index contributed by atoms with van der Waals surface area (Å²) in [6.45, 7) is 1.24. The third kappa shape index (κ3) is 2.63. The number of rotatable bonds is 2. The Bertz CT molecular complexity index is 951. The van der Waals surface area contributed by atoms with Gasteiger partial charge in [-0.05, 0) is 18.2 Å². The van der Waals surface area contributed by atoms with Crippen molar-refractivity contribution in [2.45, 2.75) is 0 Å². The number of para-hydroxylation sites is 1. The predicted octanol–water partition coefficient (Wildman–Crippen LogP) is 2.09. The summed E-state index contributed by atoms with van der Waals surface area (Å²) in [5.74, 6) is 0.708. The van der Waals surface area contributed by atoms with Crippen LogP contribution in [0.1, 0.15) is 15.9 Å². The molecule has 0 atom stereocenters. The number of nitro groups is 1. The lowest BCUT2D eigenvalue weighted by molar-refractivity contribution is -0.384. The molecule has 1 N–H and O–H groups in total. The number of nitro benzene ring substituents is 1. The Labute approximate surface area is 142 Å². The van der Waals surface area contributed by atoms with E-state index in [1.54, 1.807) is 0 Å². The molecule has 2 aliphatic heterocycles. The summed E-state index contributed by atoms with van der Waals surface area (Å²) < 4.78 is 0. The fraction of sp³-hybridized carbons (Fsp3) is 0.118. The zero-order chi connectivity index (χ0) is 17.4. The number of amidine groups is 1. The van der Waals surface area contributed by atoms with Gasteiger partial charge in [-0.2, -0.15) is 0 Å². The van der Waals surface area contributed by atoms with E-state index < -0.39 is 10.8 Å². The molecule has 0 aliphatic carbocycles. The number of fused-ring (bicyclic) bond motifs is 3. The molecule has 0 fully saturated rings. The van der Waals surface area contributed by atoms with E-state index in [9.17, 15) is 14.9 Å². The molecule has 0 bridgehead atoms. The Morgan fingerprint density at radius 1 is 1.20 bits per heavy atom. The molecular formula is C17H13N5O3.